The van der Waals surface area contributed by atoms with Crippen LogP contribution in [-0.4, -0.2) is 82.3 Å². The third-order valence-corrected chi connectivity index (χ3v) is 3.90. The summed E-state index contributed by atoms with van der Waals surface area (Å²) in [5.74, 6) is 0.585. The molecule has 0 aliphatic heterocycles. The number of thioether (sulfide) groups is 1. The first-order valence-electron chi connectivity index (χ1n) is 10.3. The van der Waals surface area contributed by atoms with E-state index in [1.54, 1.807) is 0 Å². The van der Waals surface area contributed by atoms with Crippen molar-refractivity contribution in [3.8, 4) is 0 Å². The molecule has 0 aromatic heterocycles. The molecule has 0 saturated carbocycles. The normalized spacial score (nSPS) is 11.3. The molecule has 0 aromatic carbocycles. The van der Waals surface area contributed by atoms with Gasteiger partial charge in [0.25, 0.3) is 0 Å². The molecule has 172 valence electrons. The minimum absolute atomic E-state index is 0.0762. The van der Waals surface area contributed by atoms with Gasteiger partial charge in [0.1, 0.15) is 5.60 Å². The van der Waals surface area contributed by atoms with Crippen LogP contribution < -0.4 is 10.6 Å². The van der Waals surface area contributed by atoms with Crippen LogP contribution in [0.2, 0.25) is 0 Å². The quantitative estimate of drug-likeness (QED) is 0.319. The van der Waals surface area contributed by atoms with Crippen LogP contribution in [0.3, 0.4) is 0 Å². The molecule has 2 N–H and O–H groups in total. The summed E-state index contributed by atoms with van der Waals surface area (Å²) < 4.78 is 21.7. The Bertz CT molecular complexity index is 418. The van der Waals surface area contributed by atoms with Crippen LogP contribution in [0, 0.1) is 0 Å². The summed E-state index contributed by atoms with van der Waals surface area (Å²) in [4.78, 5) is 22.7. The van der Waals surface area contributed by atoms with E-state index >= 15 is 0 Å². The van der Waals surface area contributed by atoms with Crippen LogP contribution in [0.5, 0.6) is 0 Å². The molecule has 8 nitrogen and oxygen atoms in total. The van der Waals surface area contributed by atoms with Gasteiger partial charge in [-0.15, -0.1) is 0 Å². The number of hydrogen-bond donors (Lipinski definition) is 2. The monoisotopic (exact) mass is 436 g/mol. The van der Waals surface area contributed by atoms with Crippen molar-refractivity contribution in [2.75, 3.05) is 64.7 Å². The van der Waals surface area contributed by atoms with E-state index in [1.165, 1.54) is 11.8 Å². The highest BCUT2D eigenvalue weighted by atomic mass is 32.2. The lowest BCUT2D eigenvalue weighted by atomic mass is 10.2. The van der Waals surface area contributed by atoms with E-state index in [4.69, 9.17) is 18.9 Å². The molecule has 0 heterocycles. The molecule has 0 atom stereocenters. The summed E-state index contributed by atoms with van der Waals surface area (Å²) in [5.41, 5.74) is -0.473. The van der Waals surface area contributed by atoms with Crippen LogP contribution >= 0.6 is 11.8 Å². The van der Waals surface area contributed by atoms with E-state index in [0.29, 0.717) is 58.5 Å². The molecule has 2 amide bonds. The molecular weight excluding hydrogens is 396 g/mol. The summed E-state index contributed by atoms with van der Waals surface area (Å²) in [6, 6.07) is 0. The second-order valence-electron chi connectivity index (χ2n) is 7.46. The van der Waals surface area contributed by atoms with Gasteiger partial charge in [-0.1, -0.05) is 0 Å². The Morgan fingerprint density at radius 3 is 1.66 bits per heavy atom. The van der Waals surface area contributed by atoms with Crippen LogP contribution in [0.1, 0.15) is 46.5 Å². The number of alkyl carbamates (subject to hydrolysis) is 1. The Labute approximate surface area is 180 Å². The molecule has 29 heavy (non-hydrogen) atoms. The zero-order valence-corrected chi connectivity index (χ0v) is 19.4. The van der Waals surface area contributed by atoms with Crippen molar-refractivity contribution < 1.29 is 28.5 Å². The lowest BCUT2D eigenvalue weighted by molar-refractivity contribution is -0.118. The van der Waals surface area contributed by atoms with E-state index < -0.39 is 11.7 Å². The van der Waals surface area contributed by atoms with Gasteiger partial charge < -0.3 is 29.6 Å². The minimum Gasteiger partial charge on any atom is -0.444 e. The molecule has 0 rings (SSSR count). The fraction of sp³-hybridized carbons (Fsp3) is 0.900. The molecular formula is C20H40N2O6S. The highest BCUT2D eigenvalue weighted by molar-refractivity contribution is 7.99. The van der Waals surface area contributed by atoms with E-state index in [2.05, 4.69) is 10.6 Å². The fourth-order valence-electron chi connectivity index (χ4n) is 2.10. The van der Waals surface area contributed by atoms with Gasteiger partial charge in [-0.25, -0.2) is 4.79 Å². The molecule has 9 heteroatoms. The smallest absolute Gasteiger partial charge is 0.407 e. The first-order valence-corrected chi connectivity index (χ1v) is 11.7. The zero-order chi connectivity index (χ0) is 21.8. The standard InChI is InChI=1S/C20H40N2O6S/c1-20(2,3)28-19(24)22-10-6-12-26-14-8-16-27-15-7-13-25-11-5-9-21-18(23)17-29-4/h5-17H2,1-4H3,(H,21,23)(H,22,24). The van der Waals surface area contributed by atoms with Crippen LogP contribution in [0.25, 0.3) is 0 Å². The minimum atomic E-state index is -0.473. The Kier molecular flexibility index (Phi) is 18.3. The molecule has 0 saturated heterocycles. The molecule has 0 aliphatic carbocycles. The van der Waals surface area contributed by atoms with Gasteiger partial charge in [-0.3, -0.25) is 4.79 Å². The largest absolute Gasteiger partial charge is 0.444 e. The van der Waals surface area contributed by atoms with Gasteiger partial charge in [0.2, 0.25) is 5.91 Å². The van der Waals surface area contributed by atoms with Gasteiger partial charge in [-0.05, 0) is 52.7 Å². The Hall–Kier alpha value is -1.03. The number of ether oxygens (including phenoxy) is 4. The predicted octanol–water partition coefficient (Wildman–Crippen LogP) is 2.60. The van der Waals surface area contributed by atoms with Crippen molar-refractivity contribution >= 4 is 23.8 Å². The Morgan fingerprint density at radius 2 is 1.21 bits per heavy atom. The van der Waals surface area contributed by atoms with Gasteiger partial charge >= 0.3 is 6.09 Å². The van der Waals surface area contributed by atoms with Crippen molar-refractivity contribution in [3.05, 3.63) is 0 Å². The number of rotatable bonds is 18. The number of hydrogen-bond acceptors (Lipinski definition) is 7. The van der Waals surface area contributed by atoms with Crippen molar-refractivity contribution in [3.63, 3.8) is 0 Å². The van der Waals surface area contributed by atoms with Gasteiger partial charge in [0.15, 0.2) is 0 Å². The highest BCUT2D eigenvalue weighted by Gasteiger charge is 2.15. The maximum absolute atomic E-state index is 11.4. The van der Waals surface area contributed by atoms with Gasteiger partial charge in [0.05, 0.1) is 5.75 Å². The lowest BCUT2D eigenvalue weighted by Gasteiger charge is -2.19. The third-order valence-electron chi connectivity index (χ3n) is 3.35. The fourth-order valence-corrected chi connectivity index (χ4v) is 2.46. The Balaban J connectivity index is 3.17. The topological polar surface area (TPSA) is 95.1 Å². The number of carbonyl (C=O) groups is 2. The van der Waals surface area contributed by atoms with Gasteiger partial charge in [-0.2, -0.15) is 11.8 Å². The summed E-state index contributed by atoms with van der Waals surface area (Å²) in [6.07, 6.45) is 4.79. The molecule has 0 bridgehead atoms. The second-order valence-corrected chi connectivity index (χ2v) is 8.33. The SMILES string of the molecule is CSCC(=O)NCCCOCCCOCCCOCCCNC(=O)OC(C)(C)C. The van der Waals surface area contributed by atoms with E-state index in [9.17, 15) is 9.59 Å². The summed E-state index contributed by atoms with van der Waals surface area (Å²) in [6.45, 7) is 10.6. The molecule has 0 aromatic rings. The maximum Gasteiger partial charge on any atom is 0.407 e. The number of nitrogens with one attached hydrogen (secondary N) is 2. The van der Waals surface area contributed by atoms with Crippen molar-refractivity contribution in [1.29, 1.82) is 0 Å². The third kappa shape index (κ3) is 23.1. The first kappa shape index (κ1) is 28.0. The average Bonchev–Trinajstić information content (AvgIpc) is 2.63. The van der Waals surface area contributed by atoms with Gasteiger partial charge in [0, 0.05) is 52.7 Å². The lowest BCUT2D eigenvalue weighted by Crippen LogP contribution is -2.33. The highest BCUT2D eigenvalue weighted by Crippen LogP contribution is 2.06. The summed E-state index contributed by atoms with van der Waals surface area (Å²) >= 11 is 1.52. The summed E-state index contributed by atoms with van der Waals surface area (Å²) in [5, 5.41) is 5.54. The van der Waals surface area contributed by atoms with E-state index in [0.717, 1.165) is 25.7 Å². The molecule has 0 fully saturated rings. The van der Waals surface area contributed by atoms with Crippen LogP contribution in [0.4, 0.5) is 4.79 Å². The Morgan fingerprint density at radius 1 is 0.759 bits per heavy atom. The first-order chi connectivity index (χ1) is 13.8. The summed E-state index contributed by atoms with van der Waals surface area (Å²) in [7, 11) is 0. The van der Waals surface area contributed by atoms with Crippen molar-refractivity contribution in [2.45, 2.75) is 52.1 Å². The van der Waals surface area contributed by atoms with E-state index in [1.807, 2.05) is 27.0 Å². The average molecular weight is 437 g/mol. The number of carbonyl (C=O) groups excluding carboxylic acids is 2. The van der Waals surface area contributed by atoms with Crippen LogP contribution in [-0.2, 0) is 23.7 Å². The van der Waals surface area contributed by atoms with E-state index in [-0.39, 0.29) is 5.91 Å². The predicted molar refractivity (Wildman–Crippen MR) is 117 cm³/mol. The maximum atomic E-state index is 11.4. The molecule has 0 aliphatic rings. The molecule has 0 radical (unpaired) electrons. The number of amides is 2. The molecule has 0 spiro atoms. The zero-order valence-electron chi connectivity index (χ0n) is 18.6. The second kappa shape index (κ2) is 19.0. The molecule has 0 unspecified atom stereocenters. The van der Waals surface area contributed by atoms with Crippen LogP contribution in [0.15, 0.2) is 0 Å². The van der Waals surface area contributed by atoms with Crippen molar-refractivity contribution in [1.82, 2.24) is 10.6 Å². The van der Waals surface area contributed by atoms with Crippen molar-refractivity contribution in [2.24, 2.45) is 0 Å².